The first kappa shape index (κ1) is 18.2. The Hall–Kier alpha value is -3.18. The third kappa shape index (κ3) is 3.14. The highest BCUT2D eigenvalue weighted by Gasteiger charge is 2.28. The molecule has 5 nitrogen and oxygen atoms in total. The molecule has 0 amide bonds. The first-order valence-electron chi connectivity index (χ1n) is 9.30. The van der Waals surface area contributed by atoms with E-state index in [1.807, 2.05) is 37.5 Å². The molecule has 1 N–H and O–H groups in total. The lowest BCUT2D eigenvalue weighted by molar-refractivity contribution is 0.327. The summed E-state index contributed by atoms with van der Waals surface area (Å²) in [5, 5.41) is 3.42. The van der Waals surface area contributed by atoms with Crippen molar-refractivity contribution in [2.24, 2.45) is 4.99 Å². The van der Waals surface area contributed by atoms with E-state index < -0.39 is 0 Å². The maximum atomic E-state index is 5.40. The number of nitrogens with one attached hydrogen (secondary N) is 1. The molecule has 28 heavy (non-hydrogen) atoms. The normalized spacial score (nSPS) is 15.8. The highest BCUT2D eigenvalue weighted by Crippen LogP contribution is 2.39. The van der Waals surface area contributed by atoms with Crippen molar-refractivity contribution in [2.75, 3.05) is 21.2 Å². The van der Waals surface area contributed by atoms with E-state index in [1.54, 1.807) is 13.3 Å². The summed E-state index contributed by atoms with van der Waals surface area (Å²) >= 11 is 0. The molecule has 0 radical (unpaired) electrons. The fourth-order valence-corrected chi connectivity index (χ4v) is 3.77. The second-order valence-electron chi connectivity index (χ2n) is 6.94. The maximum Gasteiger partial charge on any atom is 0.139 e. The standard InChI is InChI=1S/C23H24N4O/c1-15-11-20-21(13-19(15)16-7-5-9-18(12-16)28-4)26-22(27(3)23(20)24-2)17-8-6-10-25-14-17/h5-14,23-24H,1-4H3. The van der Waals surface area contributed by atoms with Crippen molar-refractivity contribution in [3.8, 4) is 16.9 Å². The SMILES string of the molecule is CNC1c2cc(C)c(-c3cccc(OC)c3)cc2N=C(c2cccnc2)N1C. The minimum Gasteiger partial charge on any atom is -0.497 e. The fourth-order valence-electron chi connectivity index (χ4n) is 3.77. The van der Waals surface area contributed by atoms with Crippen LogP contribution in [0, 0.1) is 6.92 Å². The van der Waals surface area contributed by atoms with E-state index in [1.165, 1.54) is 11.1 Å². The molecule has 3 aromatic rings. The number of aryl methyl sites for hydroxylation is 1. The summed E-state index contributed by atoms with van der Waals surface area (Å²) in [7, 11) is 5.72. The van der Waals surface area contributed by atoms with Gasteiger partial charge < -0.3 is 9.64 Å². The van der Waals surface area contributed by atoms with E-state index in [0.717, 1.165) is 34.0 Å². The van der Waals surface area contributed by atoms with Gasteiger partial charge in [-0.1, -0.05) is 12.1 Å². The number of fused-ring (bicyclic) bond motifs is 1. The summed E-state index contributed by atoms with van der Waals surface area (Å²) in [5.41, 5.74) is 6.63. The maximum absolute atomic E-state index is 5.40. The Bertz CT molecular complexity index is 1030. The Kier molecular flexibility index (Phi) is 4.84. The molecular formula is C23H24N4O. The van der Waals surface area contributed by atoms with Gasteiger partial charge in [-0.15, -0.1) is 0 Å². The summed E-state index contributed by atoms with van der Waals surface area (Å²) < 4.78 is 5.40. The zero-order valence-electron chi connectivity index (χ0n) is 16.6. The van der Waals surface area contributed by atoms with Crippen molar-refractivity contribution < 1.29 is 4.74 Å². The molecule has 142 valence electrons. The highest BCUT2D eigenvalue weighted by atomic mass is 16.5. The topological polar surface area (TPSA) is 49.8 Å². The Labute approximate surface area is 165 Å². The van der Waals surface area contributed by atoms with Gasteiger partial charge in [-0.2, -0.15) is 0 Å². The minimum absolute atomic E-state index is 0.0424. The summed E-state index contributed by atoms with van der Waals surface area (Å²) in [6.07, 6.45) is 3.67. The van der Waals surface area contributed by atoms with Crippen LogP contribution >= 0.6 is 0 Å². The van der Waals surface area contributed by atoms with Crippen molar-refractivity contribution in [1.29, 1.82) is 0 Å². The Morgan fingerprint density at radius 3 is 2.61 bits per heavy atom. The smallest absolute Gasteiger partial charge is 0.139 e. The Morgan fingerprint density at radius 1 is 1.07 bits per heavy atom. The number of aromatic nitrogens is 1. The molecule has 1 unspecified atom stereocenters. The number of benzene rings is 2. The average molecular weight is 372 g/mol. The summed E-state index contributed by atoms with van der Waals surface area (Å²) in [5.74, 6) is 1.75. The van der Waals surface area contributed by atoms with E-state index in [2.05, 4.69) is 53.4 Å². The predicted octanol–water partition coefficient (Wildman–Crippen LogP) is 4.31. The van der Waals surface area contributed by atoms with Crippen LogP contribution in [0.15, 0.2) is 65.9 Å². The first-order valence-corrected chi connectivity index (χ1v) is 9.30. The highest BCUT2D eigenvalue weighted by molar-refractivity contribution is 6.01. The second kappa shape index (κ2) is 7.44. The molecule has 5 heteroatoms. The van der Waals surface area contributed by atoms with Crippen LogP contribution in [0.2, 0.25) is 0 Å². The molecular weight excluding hydrogens is 348 g/mol. The summed E-state index contributed by atoms with van der Waals surface area (Å²) in [4.78, 5) is 11.4. The molecule has 2 aromatic carbocycles. The number of hydrogen-bond acceptors (Lipinski definition) is 5. The van der Waals surface area contributed by atoms with Gasteiger partial charge in [0.2, 0.25) is 0 Å². The number of aliphatic imine (C=N–C) groups is 1. The molecule has 2 heterocycles. The van der Waals surface area contributed by atoms with Gasteiger partial charge >= 0.3 is 0 Å². The molecule has 1 aromatic heterocycles. The van der Waals surface area contributed by atoms with Gasteiger partial charge in [-0.05, 0) is 67.1 Å². The first-order chi connectivity index (χ1) is 13.6. The van der Waals surface area contributed by atoms with Crippen LogP contribution in [0.4, 0.5) is 5.69 Å². The van der Waals surface area contributed by atoms with Crippen LogP contribution in [0.25, 0.3) is 11.1 Å². The third-order valence-corrected chi connectivity index (χ3v) is 5.19. The van der Waals surface area contributed by atoms with Gasteiger partial charge in [0.15, 0.2) is 0 Å². The van der Waals surface area contributed by atoms with Crippen molar-refractivity contribution >= 4 is 11.5 Å². The number of rotatable bonds is 4. The van der Waals surface area contributed by atoms with Crippen LogP contribution in [0.5, 0.6) is 5.75 Å². The van der Waals surface area contributed by atoms with Crippen molar-refractivity contribution in [3.05, 3.63) is 77.6 Å². The monoisotopic (exact) mass is 372 g/mol. The zero-order valence-corrected chi connectivity index (χ0v) is 16.6. The quantitative estimate of drug-likeness (QED) is 0.742. The van der Waals surface area contributed by atoms with Crippen molar-refractivity contribution in [2.45, 2.75) is 13.1 Å². The van der Waals surface area contributed by atoms with Crippen LogP contribution in [0.3, 0.4) is 0 Å². The lowest BCUT2D eigenvalue weighted by Crippen LogP contribution is -2.40. The largest absolute Gasteiger partial charge is 0.497 e. The van der Waals surface area contributed by atoms with E-state index >= 15 is 0 Å². The molecule has 0 saturated carbocycles. The van der Waals surface area contributed by atoms with Gasteiger partial charge in [-0.3, -0.25) is 10.3 Å². The molecule has 4 rings (SSSR count). The zero-order chi connectivity index (χ0) is 19.7. The van der Waals surface area contributed by atoms with Gasteiger partial charge in [0.1, 0.15) is 17.8 Å². The number of pyridine rings is 1. The average Bonchev–Trinajstić information content (AvgIpc) is 2.74. The molecule has 0 spiro atoms. The lowest BCUT2D eigenvalue weighted by Gasteiger charge is -2.35. The molecule has 1 aliphatic rings. The number of methoxy groups -OCH3 is 1. The third-order valence-electron chi connectivity index (χ3n) is 5.19. The fraction of sp³-hybridized carbons (Fsp3) is 0.217. The number of amidine groups is 1. The number of nitrogens with zero attached hydrogens (tertiary/aromatic N) is 3. The second-order valence-corrected chi connectivity index (χ2v) is 6.94. The molecule has 1 atom stereocenters. The van der Waals surface area contributed by atoms with Gasteiger partial charge in [0.05, 0.1) is 12.8 Å². The van der Waals surface area contributed by atoms with E-state index in [0.29, 0.717) is 0 Å². The molecule has 1 aliphatic heterocycles. The molecule has 0 bridgehead atoms. The van der Waals surface area contributed by atoms with Gasteiger partial charge in [0.25, 0.3) is 0 Å². The molecule has 0 fully saturated rings. The lowest BCUT2D eigenvalue weighted by atomic mass is 9.94. The summed E-state index contributed by atoms with van der Waals surface area (Å²) in [6.45, 7) is 2.14. The van der Waals surface area contributed by atoms with Crippen molar-refractivity contribution in [3.63, 3.8) is 0 Å². The Balaban J connectivity index is 1.88. The Morgan fingerprint density at radius 2 is 1.89 bits per heavy atom. The van der Waals surface area contributed by atoms with Crippen LogP contribution in [-0.2, 0) is 0 Å². The van der Waals surface area contributed by atoms with Gasteiger partial charge in [0, 0.05) is 30.6 Å². The molecule has 0 aliphatic carbocycles. The van der Waals surface area contributed by atoms with Gasteiger partial charge in [-0.25, -0.2) is 4.99 Å². The van der Waals surface area contributed by atoms with E-state index in [-0.39, 0.29) is 6.17 Å². The van der Waals surface area contributed by atoms with Crippen molar-refractivity contribution in [1.82, 2.24) is 15.2 Å². The van der Waals surface area contributed by atoms with Crippen LogP contribution in [0.1, 0.15) is 22.9 Å². The number of ether oxygens (including phenoxy) is 1. The minimum atomic E-state index is 0.0424. The summed E-state index contributed by atoms with van der Waals surface area (Å²) in [6, 6.07) is 16.5. The predicted molar refractivity (Wildman–Crippen MR) is 113 cm³/mol. The molecule has 0 saturated heterocycles. The van der Waals surface area contributed by atoms with E-state index in [4.69, 9.17) is 9.73 Å². The van der Waals surface area contributed by atoms with E-state index in [9.17, 15) is 0 Å². The van der Waals surface area contributed by atoms with Crippen LogP contribution < -0.4 is 10.1 Å². The van der Waals surface area contributed by atoms with Crippen LogP contribution in [-0.4, -0.2) is 36.9 Å². The number of hydrogen-bond donors (Lipinski definition) is 1.